The molecule has 0 aromatic heterocycles. The zero-order valence-electron chi connectivity index (χ0n) is 12.7. The Morgan fingerprint density at radius 3 is 2.48 bits per heavy atom. The molecule has 7 nitrogen and oxygen atoms in total. The third kappa shape index (κ3) is 4.15. The monoisotopic (exact) mass is 319 g/mol. The summed E-state index contributed by atoms with van der Waals surface area (Å²) < 4.78 is 33.3. The Labute approximate surface area is 126 Å². The highest BCUT2D eigenvalue weighted by atomic mass is 32.2. The number of amides is 1. The molecule has 2 rings (SSSR count). The summed E-state index contributed by atoms with van der Waals surface area (Å²) in [7, 11) is -3.47. The van der Waals surface area contributed by atoms with Crippen molar-refractivity contribution in [3.63, 3.8) is 0 Å². The SMILES string of the molecule is CC(C)NC(=O)C1CCCN(S(=O)(=O)N2CCOCC2)C1. The molecular weight excluding hydrogens is 294 g/mol. The van der Waals surface area contributed by atoms with Crippen LogP contribution in [0.25, 0.3) is 0 Å². The fraction of sp³-hybridized carbons (Fsp3) is 0.923. The molecule has 0 spiro atoms. The lowest BCUT2D eigenvalue weighted by Gasteiger charge is -2.36. The largest absolute Gasteiger partial charge is 0.379 e. The second-order valence-electron chi connectivity index (χ2n) is 5.88. The molecule has 2 fully saturated rings. The molecule has 1 unspecified atom stereocenters. The highest BCUT2D eigenvalue weighted by Gasteiger charge is 2.36. The van der Waals surface area contributed by atoms with Crippen LogP contribution in [-0.4, -0.2) is 68.4 Å². The van der Waals surface area contributed by atoms with Gasteiger partial charge in [-0.25, -0.2) is 0 Å². The highest BCUT2D eigenvalue weighted by Crippen LogP contribution is 2.22. The van der Waals surface area contributed by atoms with Crippen LogP contribution >= 0.6 is 0 Å². The summed E-state index contributed by atoms with van der Waals surface area (Å²) in [5, 5.41) is 2.87. The summed E-state index contributed by atoms with van der Waals surface area (Å²) in [6.45, 7) is 6.23. The van der Waals surface area contributed by atoms with E-state index in [1.807, 2.05) is 13.8 Å². The van der Waals surface area contributed by atoms with E-state index in [0.29, 0.717) is 32.8 Å². The van der Waals surface area contributed by atoms with Gasteiger partial charge in [0.25, 0.3) is 10.2 Å². The van der Waals surface area contributed by atoms with E-state index in [0.717, 1.165) is 12.8 Å². The van der Waals surface area contributed by atoms with Crippen molar-refractivity contribution in [1.29, 1.82) is 0 Å². The summed E-state index contributed by atoms with van der Waals surface area (Å²) in [5.74, 6) is -0.302. The van der Waals surface area contributed by atoms with Gasteiger partial charge in [-0.15, -0.1) is 0 Å². The van der Waals surface area contributed by atoms with Crippen LogP contribution in [0.3, 0.4) is 0 Å². The Hall–Kier alpha value is -0.700. The normalized spacial score (nSPS) is 26.0. The molecule has 0 aromatic carbocycles. The second-order valence-corrected chi connectivity index (χ2v) is 7.81. The van der Waals surface area contributed by atoms with Crippen LogP contribution in [0.5, 0.6) is 0 Å². The molecular formula is C13H25N3O4S. The smallest absolute Gasteiger partial charge is 0.282 e. The molecule has 1 atom stereocenters. The van der Waals surface area contributed by atoms with Crippen molar-refractivity contribution in [2.24, 2.45) is 5.92 Å². The van der Waals surface area contributed by atoms with Gasteiger partial charge in [-0.2, -0.15) is 17.0 Å². The summed E-state index contributed by atoms with van der Waals surface area (Å²) in [6.07, 6.45) is 1.47. The van der Waals surface area contributed by atoms with E-state index >= 15 is 0 Å². The minimum absolute atomic E-state index is 0.0492. The summed E-state index contributed by atoms with van der Waals surface area (Å²) >= 11 is 0. The topological polar surface area (TPSA) is 79.0 Å². The van der Waals surface area contributed by atoms with Crippen LogP contribution in [0.4, 0.5) is 0 Å². The minimum Gasteiger partial charge on any atom is -0.379 e. The molecule has 2 aliphatic rings. The third-order valence-corrected chi connectivity index (χ3v) is 5.81. The number of nitrogens with one attached hydrogen (secondary N) is 1. The Morgan fingerprint density at radius 2 is 1.86 bits per heavy atom. The van der Waals surface area contributed by atoms with Crippen molar-refractivity contribution in [2.75, 3.05) is 39.4 Å². The molecule has 0 radical (unpaired) electrons. The molecule has 2 aliphatic heterocycles. The average molecular weight is 319 g/mol. The first-order valence-corrected chi connectivity index (χ1v) is 8.94. The number of ether oxygens (including phenoxy) is 1. The third-order valence-electron chi connectivity index (χ3n) is 3.81. The van der Waals surface area contributed by atoms with Gasteiger partial charge in [-0.1, -0.05) is 0 Å². The zero-order valence-corrected chi connectivity index (χ0v) is 13.6. The van der Waals surface area contributed by atoms with Gasteiger partial charge < -0.3 is 10.1 Å². The predicted octanol–water partition coefficient (Wildman–Crippen LogP) is -0.200. The van der Waals surface area contributed by atoms with Crippen LogP contribution in [0.2, 0.25) is 0 Å². The van der Waals surface area contributed by atoms with E-state index in [9.17, 15) is 13.2 Å². The quantitative estimate of drug-likeness (QED) is 0.778. The van der Waals surface area contributed by atoms with Crippen LogP contribution in [0.15, 0.2) is 0 Å². The van der Waals surface area contributed by atoms with Crippen LogP contribution in [-0.2, 0) is 19.7 Å². The lowest BCUT2D eigenvalue weighted by molar-refractivity contribution is -0.126. The van der Waals surface area contributed by atoms with Gasteiger partial charge in [-0.3, -0.25) is 4.79 Å². The van der Waals surface area contributed by atoms with Gasteiger partial charge in [0.05, 0.1) is 19.1 Å². The molecule has 0 bridgehead atoms. The van der Waals surface area contributed by atoms with Gasteiger partial charge >= 0.3 is 0 Å². The maximum atomic E-state index is 12.6. The fourth-order valence-corrected chi connectivity index (χ4v) is 4.37. The van der Waals surface area contributed by atoms with Crippen LogP contribution in [0, 0.1) is 5.92 Å². The number of morpholine rings is 1. The van der Waals surface area contributed by atoms with Crippen molar-refractivity contribution in [1.82, 2.24) is 13.9 Å². The van der Waals surface area contributed by atoms with E-state index in [1.54, 1.807) is 0 Å². The second kappa shape index (κ2) is 7.04. The van der Waals surface area contributed by atoms with E-state index in [2.05, 4.69) is 5.32 Å². The number of carbonyl (C=O) groups excluding carboxylic acids is 1. The lowest BCUT2D eigenvalue weighted by Crippen LogP contribution is -2.53. The highest BCUT2D eigenvalue weighted by molar-refractivity contribution is 7.86. The average Bonchev–Trinajstić information content (AvgIpc) is 2.47. The number of hydrogen-bond acceptors (Lipinski definition) is 4. The Morgan fingerprint density at radius 1 is 1.19 bits per heavy atom. The summed E-state index contributed by atoms with van der Waals surface area (Å²) in [4.78, 5) is 12.1. The summed E-state index contributed by atoms with van der Waals surface area (Å²) in [5.41, 5.74) is 0. The molecule has 2 heterocycles. The van der Waals surface area contributed by atoms with Crippen LogP contribution < -0.4 is 5.32 Å². The first-order chi connectivity index (χ1) is 9.91. The first-order valence-electron chi connectivity index (χ1n) is 7.54. The van der Waals surface area contributed by atoms with Crippen molar-refractivity contribution >= 4 is 16.1 Å². The van der Waals surface area contributed by atoms with Crippen molar-refractivity contribution in [3.8, 4) is 0 Å². The fourth-order valence-electron chi connectivity index (χ4n) is 2.71. The van der Waals surface area contributed by atoms with E-state index in [1.165, 1.54) is 8.61 Å². The molecule has 0 aromatic rings. The number of rotatable bonds is 4. The van der Waals surface area contributed by atoms with Gasteiger partial charge in [-0.05, 0) is 26.7 Å². The maximum absolute atomic E-state index is 12.6. The Bertz CT molecular complexity index is 460. The van der Waals surface area contributed by atoms with Gasteiger partial charge in [0.1, 0.15) is 0 Å². The number of carbonyl (C=O) groups is 1. The van der Waals surface area contributed by atoms with Gasteiger partial charge in [0, 0.05) is 32.2 Å². The molecule has 0 saturated carbocycles. The Kier molecular flexibility index (Phi) is 5.59. The van der Waals surface area contributed by atoms with E-state index in [4.69, 9.17) is 4.74 Å². The molecule has 2 saturated heterocycles. The molecule has 21 heavy (non-hydrogen) atoms. The van der Waals surface area contributed by atoms with Crippen molar-refractivity contribution in [3.05, 3.63) is 0 Å². The Balaban J connectivity index is 2.01. The molecule has 1 N–H and O–H groups in total. The van der Waals surface area contributed by atoms with Gasteiger partial charge in [0.2, 0.25) is 5.91 Å². The molecule has 122 valence electrons. The van der Waals surface area contributed by atoms with E-state index in [-0.39, 0.29) is 24.4 Å². The number of hydrogen-bond donors (Lipinski definition) is 1. The number of piperidine rings is 1. The first kappa shape index (κ1) is 16.7. The standard InChI is InChI=1S/C13H25N3O4S/c1-11(2)14-13(17)12-4-3-5-16(10-12)21(18,19)15-6-8-20-9-7-15/h11-12H,3-10H2,1-2H3,(H,14,17). The molecule has 1 amide bonds. The zero-order chi connectivity index (χ0) is 15.5. The van der Waals surface area contributed by atoms with E-state index < -0.39 is 10.2 Å². The lowest BCUT2D eigenvalue weighted by atomic mass is 9.98. The van der Waals surface area contributed by atoms with Gasteiger partial charge in [0.15, 0.2) is 0 Å². The predicted molar refractivity (Wildman–Crippen MR) is 78.9 cm³/mol. The number of nitrogens with zero attached hydrogens (tertiary/aromatic N) is 2. The summed E-state index contributed by atoms with van der Waals surface area (Å²) in [6, 6.07) is 0.0729. The van der Waals surface area contributed by atoms with Crippen LogP contribution in [0.1, 0.15) is 26.7 Å². The molecule has 0 aliphatic carbocycles. The van der Waals surface area contributed by atoms with Crippen molar-refractivity contribution in [2.45, 2.75) is 32.7 Å². The maximum Gasteiger partial charge on any atom is 0.282 e. The molecule has 8 heteroatoms. The minimum atomic E-state index is -3.47. The van der Waals surface area contributed by atoms with Crippen molar-refractivity contribution < 1.29 is 17.9 Å².